The molecular weight excluding hydrogens is 456 g/mol. The van der Waals surface area contributed by atoms with Gasteiger partial charge in [-0.2, -0.15) is 4.31 Å². The Morgan fingerprint density at radius 3 is 2.35 bits per heavy atom. The first kappa shape index (κ1) is 24.2. The number of morpholine rings is 1. The second-order valence-electron chi connectivity index (χ2n) is 8.59. The Bertz CT molecular complexity index is 1190. The predicted molar refractivity (Wildman–Crippen MR) is 130 cm³/mol. The molecule has 9 nitrogen and oxygen atoms in total. The standard InChI is InChI=1S/C24H30N4O5S/c1-17-5-7-19(34(31,32)28-11-13-33-14-12-28)16-20(17)24(30)26-21-15-18(23(25)29)6-8-22(21)27-9-3-2-4-10-27/h5-8,15-16H,2-4,9-14H2,1H3,(H2,25,29)(H,26,30). The average molecular weight is 487 g/mol. The molecular formula is C24H30N4O5S. The molecule has 0 radical (unpaired) electrons. The number of nitrogens with zero attached hydrogens (tertiary/aromatic N) is 2. The van der Waals surface area contributed by atoms with Gasteiger partial charge >= 0.3 is 0 Å². The number of anilines is 2. The summed E-state index contributed by atoms with van der Waals surface area (Å²) in [5.74, 6) is -1.04. The van der Waals surface area contributed by atoms with Gasteiger partial charge in [-0.25, -0.2) is 8.42 Å². The minimum atomic E-state index is -3.75. The lowest BCUT2D eigenvalue weighted by molar-refractivity contribution is 0.0730. The van der Waals surface area contributed by atoms with Crippen LogP contribution in [0.4, 0.5) is 11.4 Å². The molecule has 2 aromatic rings. The highest BCUT2D eigenvalue weighted by atomic mass is 32.2. The summed E-state index contributed by atoms with van der Waals surface area (Å²) in [5.41, 5.74) is 7.94. The van der Waals surface area contributed by atoms with E-state index >= 15 is 0 Å². The highest BCUT2D eigenvalue weighted by Crippen LogP contribution is 2.31. The summed E-state index contributed by atoms with van der Waals surface area (Å²) < 4.78 is 32.8. The van der Waals surface area contributed by atoms with Crippen LogP contribution in [0.25, 0.3) is 0 Å². The highest BCUT2D eigenvalue weighted by molar-refractivity contribution is 7.89. The van der Waals surface area contributed by atoms with Crippen LogP contribution in [0.15, 0.2) is 41.3 Å². The van der Waals surface area contributed by atoms with Gasteiger partial charge in [0.25, 0.3) is 5.91 Å². The molecule has 2 amide bonds. The molecule has 34 heavy (non-hydrogen) atoms. The first-order valence-electron chi connectivity index (χ1n) is 11.5. The van der Waals surface area contributed by atoms with Gasteiger partial charge < -0.3 is 20.7 Å². The van der Waals surface area contributed by atoms with Gasteiger partial charge in [-0.3, -0.25) is 9.59 Å². The first-order chi connectivity index (χ1) is 16.3. The van der Waals surface area contributed by atoms with Gasteiger partial charge in [-0.15, -0.1) is 0 Å². The van der Waals surface area contributed by atoms with Gasteiger partial charge in [0.2, 0.25) is 15.9 Å². The van der Waals surface area contributed by atoms with Gasteiger partial charge in [-0.1, -0.05) is 6.07 Å². The molecule has 4 rings (SSSR count). The number of nitrogens with one attached hydrogen (secondary N) is 1. The Labute approximate surface area is 199 Å². The predicted octanol–water partition coefficient (Wildman–Crippen LogP) is 2.36. The fraction of sp³-hybridized carbons (Fsp3) is 0.417. The van der Waals surface area contributed by atoms with Gasteiger partial charge in [0.05, 0.1) is 29.5 Å². The summed E-state index contributed by atoms with van der Waals surface area (Å²) in [5, 5.41) is 2.90. The van der Waals surface area contributed by atoms with Gasteiger partial charge in [-0.05, 0) is 62.1 Å². The van der Waals surface area contributed by atoms with Crippen molar-refractivity contribution in [2.45, 2.75) is 31.1 Å². The average Bonchev–Trinajstić information content (AvgIpc) is 2.85. The third-order valence-electron chi connectivity index (χ3n) is 6.29. The van der Waals surface area contributed by atoms with Crippen LogP contribution in [0.3, 0.4) is 0 Å². The third kappa shape index (κ3) is 5.08. The molecule has 0 unspecified atom stereocenters. The van der Waals surface area contributed by atoms with Crippen molar-refractivity contribution >= 4 is 33.2 Å². The lowest BCUT2D eigenvalue weighted by Crippen LogP contribution is -2.40. The number of amides is 2. The molecule has 2 aliphatic heterocycles. The summed E-state index contributed by atoms with van der Waals surface area (Å²) in [6, 6.07) is 9.59. The van der Waals surface area contributed by atoms with E-state index in [-0.39, 0.29) is 29.1 Å². The molecule has 2 heterocycles. The number of rotatable bonds is 6. The number of sulfonamides is 1. The van der Waals surface area contributed by atoms with Crippen LogP contribution < -0.4 is 16.0 Å². The van der Waals surface area contributed by atoms with Crippen molar-refractivity contribution in [2.75, 3.05) is 49.6 Å². The lowest BCUT2D eigenvalue weighted by Gasteiger charge is -2.31. The van der Waals surface area contributed by atoms with E-state index in [4.69, 9.17) is 10.5 Å². The molecule has 2 fully saturated rings. The largest absolute Gasteiger partial charge is 0.379 e. The van der Waals surface area contributed by atoms with E-state index in [1.807, 2.05) is 0 Å². The number of aryl methyl sites for hydroxylation is 1. The molecule has 10 heteroatoms. The van der Waals surface area contributed by atoms with Crippen molar-refractivity contribution in [3.63, 3.8) is 0 Å². The van der Waals surface area contributed by atoms with Crippen LogP contribution in [0.5, 0.6) is 0 Å². The Balaban J connectivity index is 1.65. The van der Waals surface area contributed by atoms with Crippen molar-refractivity contribution in [3.8, 4) is 0 Å². The Hall–Kier alpha value is -2.95. The summed E-state index contributed by atoms with van der Waals surface area (Å²) in [6.45, 7) is 4.69. The maximum Gasteiger partial charge on any atom is 0.256 e. The van der Waals surface area contributed by atoms with E-state index in [0.717, 1.165) is 38.0 Å². The van der Waals surface area contributed by atoms with Gasteiger partial charge in [0.15, 0.2) is 0 Å². The van der Waals surface area contributed by atoms with E-state index in [1.54, 1.807) is 31.2 Å². The van der Waals surface area contributed by atoms with Crippen LogP contribution in [0, 0.1) is 6.92 Å². The monoisotopic (exact) mass is 486 g/mol. The number of nitrogens with two attached hydrogens (primary N) is 1. The number of carbonyl (C=O) groups excluding carboxylic acids is 2. The fourth-order valence-corrected chi connectivity index (χ4v) is 5.77. The fourth-order valence-electron chi connectivity index (χ4n) is 4.33. The molecule has 2 aromatic carbocycles. The van der Waals surface area contributed by atoms with Crippen LogP contribution >= 0.6 is 0 Å². The van der Waals surface area contributed by atoms with Crippen LogP contribution in [0.2, 0.25) is 0 Å². The van der Waals surface area contributed by atoms with E-state index in [9.17, 15) is 18.0 Å². The second-order valence-corrected chi connectivity index (χ2v) is 10.5. The molecule has 0 atom stereocenters. The number of piperidine rings is 1. The normalized spacial score (nSPS) is 17.4. The Morgan fingerprint density at radius 1 is 0.971 bits per heavy atom. The summed E-state index contributed by atoms with van der Waals surface area (Å²) in [4.78, 5) is 27.3. The molecule has 0 aliphatic carbocycles. The maximum absolute atomic E-state index is 13.3. The number of carbonyl (C=O) groups is 2. The van der Waals surface area contributed by atoms with Crippen LogP contribution in [0.1, 0.15) is 45.5 Å². The van der Waals surface area contributed by atoms with Crippen LogP contribution in [-0.4, -0.2) is 63.9 Å². The van der Waals surface area contributed by atoms with E-state index in [0.29, 0.717) is 24.5 Å². The smallest absolute Gasteiger partial charge is 0.256 e. The number of hydrogen-bond donors (Lipinski definition) is 2. The zero-order valence-corrected chi connectivity index (χ0v) is 20.1. The van der Waals surface area contributed by atoms with E-state index in [1.165, 1.54) is 16.4 Å². The molecule has 0 bridgehead atoms. The summed E-state index contributed by atoms with van der Waals surface area (Å²) >= 11 is 0. The van der Waals surface area contributed by atoms with Crippen molar-refractivity contribution < 1.29 is 22.7 Å². The topological polar surface area (TPSA) is 122 Å². The van der Waals surface area contributed by atoms with Crippen LogP contribution in [-0.2, 0) is 14.8 Å². The molecule has 182 valence electrons. The van der Waals surface area contributed by atoms with Crippen molar-refractivity contribution in [3.05, 3.63) is 53.1 Å². The van der Waals surface area contributed by atoms with E-state index in [2.05, 4.69) is 10.2 Å². The molecule has 2 saturated heterocycles. The highest BCUT2D eigenvalue weighted by Gasteiger charge is 2.28. The zero-order chi connectivity index (χ0) is 24.3. The van der Waals surface area contributed by atoms with Crippen molar-refractivity contribution in [1.29, 1.82) is 0 Å². The number of benzene rings is 2. The summed E-state index contributed by atoms with van der Waals surface area (Å²) in [6.07, 6.45) is 3.25. The first-order valence-corrected chi connectivity index (χ1v) is 12.9. The van der Waals surface area contributed by atoms with Crippen molar-refractivity contribution in [1.82, 2.24) is 4.31 Å². The minimum Gasteiger partial charge on any atom is -0.379 e. The number of ether oxygens (including phenoxy) is 1. The third-order valence-corrected chi connectivity index (χ3v) is 8.18. The Morgan fingerprint density at radius 2 is 1.68 bits per heavy atom. The maximum atomic E-state index is 13.3. The van der Waals surface area contributed by atoms with E-state index < -0.39 is 21.8 Å². The molecule has 2 aliphatic rings. The quantitative estimate of drug-likeness (QED) is 0.646. The summed E-state index contributed by atoms with van der Waals surface area (Å²) in [7, 11) is -3.75. The minimum absolute atomic E-state index is 0.0623. The zero-order valence-electron chi connectivity index (χ0n) is 19.2. The SMILES string of the molecule is Cc1ccc(S(=O)(=O)N2CCOCC2)cc1C(=O)Nc1cc(C(N)=O)ccc1N1CCCCC1. The lowest BCUT2D eigenvalue weighted by atomic mass is 10.1. The van der Waals surface area contributed by atoms with Gasteiger partial charge in [0.1, 0.15) is 0 Å². The molecule has 3 N–H and O–H groups in total. The van der Waals surface area contributed by atoms with Gasteiger partial charge in [0, 0.05) is 37.3 Å². The van der Waals surface area contributed by atoms with Crippen molar-refractivity contribution in [2.24, 2.45) is 5.73 Å². The molecule has 0 saturated carbocycles. The Kier molecular flexibility index (Phi) is 7.20. The molecule has 0 spiro atoms. The second kappa shape index (κ2) is 10.1. The molecule has 0 aromatic heterocycles. The number of primary amides is 1. The number of hydrogen-bond acceptors (Lipinski definition) is 6.